The molecule has 0 saturated carbocycles. The second-order valence-electron chi connectivity index (χ2n) is 21.6. The molecule has 0 amide bonds. The van der Waals surface area contributed by atoms with E-state index in [-0.39, 0.29) is 23.0 Å². The Kier molecular flexibility index (Phi) is 100. The zero-order valence-electron chi connectivity index (χ0n) is 69.5. The van der Waals surface area contributed by atoms with E-state index in [1.807, 2.05) is 98.8 Å². The summed E-state index contributed by atoms with van der Waals surface area (Å²) in [5, 5.41) is 61.1. The molecule has 0 radical (unpaired) electrons. The van der Waals surface area contributed by atoms with Gasteiger partial charge in [-0.15, -0.1) is 0 Å². The van der Waals surface area contributed by atoms with Gasteiger partial charge in [0.1, 0.15) is 46.0 Å². The summed E-state index contributed by atoms with van der Waals surface area (Å²) >= 11 is -1.89. The number of nitrogens with zero attached hydrogens (tertiary/aromatic N) is 8. The molecule has 8 aromatic rings. The van der Waals surface area contributed by atoms with E-state index < -0.39 is 89.8 Å². The average Bonchev–Trinajstić information content (AvgIpc) is 0.850. The molecule has 120 heavy (non-hydrogen) atoms. The van der Waals surface area contributed by atoms with E-state index in [9.17, 15) is 0 Å². The third-order valence-electron chi connectivity index (χ3n) is 10.5. The number of carboxylic acids is 4. The number of aliphatic carboxylic acids is 4. The van der Waals surface area contributed by atoms with Gasteiger partial charge in [0.2, 0.25) is 0 Å². The number of aliphatic hydroxyl groups is 4. The Labute approximate surface area is 772 Å². The third kappa shape index (κ3) is 97.8. The first-order chi connectivity index (χ1) is 56.8. The van der Waals surface area contributed by atoms with Crippen molar-refractivity contribution in [2.75, 3.05) is 53.9 Å². The number of allylic oxidation sites excluding steroid dienone is 4. The minimum absolute atomic E-state index is 0.167. The molecule has 0 unspecified atom stereocenters. The number of hydrogen-bond acceptors (Lipinski definition) is 24. The van der Waals surface area contributed by atoms with Crippen LogP contribution >= 0.6 is 75.3 Å². The van der Waals surface area contributed by atoms with Crippen LogP contribution in [0, 0.1) is 0 Å². The molecule has 0 spiro atoms. The summed E-state index contributed by atoms with van der Waals surface area (Å²) in [5.41, 5.74) is 6.27. The van der Waals surface area contributed by atoms with Crippen LogP contribution in [0.4, 0.5) is 0 Å². The van der Waals surface area contributed by atoms with Gasteiger partial charge < -0.3 is 78.7 Å². The van der Waals surface area contributed by atoms with E-state index in [1.165, 1.54) is 27.7 Å². The summed E-state index contributed by atoms with van der Waals surface area (Å²) in [7, 11) is 42.2. The van der Waals surface area contributed by atoms with Crippen LogP contribution in [0.5, 0.6) is 46.0 Å². The van der Waals surface area contributed by atoms with Gasteiger partial charge >= 0.3 is 141 Å². The Balaban J connectivity index is -0.000000200. The molecule has 0 aliphatic carbocycles. The van der Waals surface area contributed by atoms with Crippen molar-refractivity contribution in [2.24, 2.45) is 0 Å². The van der Waals surface area contributed by atoms with Gasteiger partial charge in [-0.05, 0) is 116 Å². The molecule has 40 heteroatoms. The van der Waals surface area contributed by atoms with Gasteiger partial charge in [0.05, 0.1) is 122 Å². The van der Waals surface area contributed by atoms with E-state index in [0.29, 0.717) is 26.4 Å². The molecule has 0 atom stereocenters. The average molecular weight is 2570 g/mol. The van der Waals surface area contributed by atoms with Crippen LogP contribution < -0.4 is 37.9 Å². The Hall–Kier alpha value is -7.29. The van der Waals surface area contributed by atoms with Gasteiger partial charge in [0.25, 0.3) is 23.9 Å². The summed E-state index contributed by atoms with van der Waals surface area (Å²) in [5.74, 6) is 3.74. The van der Waals surface area contributed by atoms with Crippen molar-refractivity contribution in [3.05, 3.63) is 196 Å². The van der Waals surface area contributed by atoms with Gasteiger partial charge in [0.15, 0.2) is 0 Å². The number of aromatic nitrogens is 8. The van der Waals surface area contributed by atoms with Crippen molar-refractivity contribution in [3.63, 3.8) is 0 Å². The molecule has 0 fully saturated rings. The summed E-state index contributed by atoms with van der Waals surface area (Å²) in [6.07, 6.45) is 20.1. The van der Waals surface area contributed by atoms with E-state index in [4.69, 9.17) is 173 Å². The maximum absolute atomic E-state index is 9.00. The number of ether oxygens (including phenoxy) is 8. The van der Waals surface area contributed by atoms with Crippen molar-refractivity contribution in [3.8, 4) is 91.5 Å². The number of carboxylic acid groups (broad SMARTS) is 4. The Morgan fingerprint density at radius 2 is 0.417 bits per heavy atom. The summed E-state index contributed by atoms with van der Waals surface area (Å²) < 4.78 is 43.8. The van der Waals surface area contributed by atoms with Crippen molar-refractivity contribution in [1.29, 1.82) is 0 Å². The zero-order valence-corrected chi connectivity index (χ0v) is 84.6. The van der Waals surface area contributed by atoms with Crippen LogP contribution in [-0.4, -0.2) is 158 Å². The van der Waals surface area contributed by atoms with E-state index in [0.717, 1.165) is 171 Å². The predicted octanol–water partition coefficient (Wildman–Crippen LogP) is 23.5. The topological polar surface area (TPSA) is 407 Å². The SMILES string of the molecule is C=C(C)O.C=C(C)O.C=C(C)O.C=C(C)O.CC(=O)O.CC(=O)O.CC(=O)O.CC(=O)O.CCCCOc1ccnc(-c2cc(OCCCC)ccn2)c1.CCCOc1ccnc(-c2cc(OCCC)ccn2)c1.CCOc1ccnc(-c2cc(OCC)ccn2)c1.COc1ccnc(-c2cc(OC)ccn2)c1.[Cl][Pt][Cl].[Cl][Pt][Cl].[Cl][Pt][Cl].[Cl][Pt][Cl]. The van der Waals surface area contributed by atoms with E-state index in [2.05, 4.69) is 93.9 Å². The van der Waals surface area contributed by atoms with Gasteiger partial charge in [0, 0.05) is 126 Å². The third-order valence-corrected chi connectivity index (χ3v) is 10.5. The normalized spacial score (nSPS) is 8.87. The van der Waals surface area contributed by atoms with Crippen molar-refractivity contribution in [1.82, 2.24) is 39.9 Å². The quantitative estimate of drug-likeness (QED) is 0.0206. The second-order valence-corrected chi connectivity index (χ2v) is 34.7. The molecular formula is C80H112Cl8N8O20Pt4. The van der Waals surface area contributed by atoms with Crippen LogP contribution in [0.1, 0.15) is 135 Å². The molecule has 8 N–H and O–H groups in total. The molecule has 0 aromatic carbocycles. The first-order valence-electron chi connectivity index (χ1n) is 34.8. The Bertz CT molecular complexity index is 3550. The fraction of sp³-hybridized carbons (Fsp3) is 0.350. The molecule has 8 aromatic heterocycles. The van der Waals surface area contributed by atoms with Gasteiger partial charge in [-0.1, -0.05) is 66.9 Å². The zero-order chi connectivity index (χ0) is 93.5. The van der Waals surface area contributed by atoms with Crippen molar-refractivity contribution in [2.45, 2.75) is 135 Å². The number of methoxy groups -OCH3 is 2. The standard InChI is InChI=1S/C18H24N2O2.C16H20N2O2.C14H16N2O2.C12H12N2O2.4C3H6O.4C2H4O2.8ClH.4Pt/c1-3-5-11-21-15-7-9-19-17(13-15)18-14-16(8-10-20-18)22-12-6-4-2;1-3-9-19-13-5-7-17-15(11-13)16-12-14(6-8-18-16)20-10-4-2;1-3-17-11-5-7-15-13(9-11)14-10-12(18-4-2)6-8-16-14;1-15-9-3-5-13-11(7-9)12-8-10(16-2)4-6-14-12;4*1-3(2)4;4*1-2(3)4;;;;;;;;;;;;/h7-10,13-14H,3-6,11-12H2,1-2H3;5-8,11-12H,3-4,9-10H2,1-2H3;5-10H,3-4H2,1-2H3;3-8H,1-2H3;4*4H,1H2,2H3;4*1H3,(H,3,4);8*1H;;;;/q;;;;;;;;;;;;;;;;;;;;4*+2/p-8. The Morgan fingerprint density at radius 1 is 0.283 bits per heavy atom. The number of halogens is 8. The molecule has 28 nitrogen and oxygen atoms in total. The molecule has 688 valence electrons. The summed E-state index contributed by atoms with van der Waals surface area (Å²) in [6.45, 7) is 39.4. The fourth-order valence-corrected chi connectivity index (χ4v) is 6.64. The van der Waals surface area contributed by atoms with Crippen molar-refractivity contribution >= 4 is 99.2 Å². The molecule has 0 saturated heterocycles. The van der Waals surface area contributed by atoms with Crippen LogP contribution in [0.2, 0.25) is 0 Å². The first kappa shape index (κ1) is 128. The van der Waals surface area contributed by atoms with Crippen LogP contribution in [0.15, 0.2) is 196 Å². The molecule has 0 aliphatic rings. The monoisotopic (exact) mass is 2560 g/mol. The first-order valence-corrected chi connectivity index (χ1v) is 57.4. The minimum atomic E-state index is -0.833. The van der Waals surface area contributed by atoms with Crippen LogP contribution in [0.3, 0.4) is 0 Å². The molecular weight excluding hydrogens is 2460 g/mol. The second kappa shape index (κ2) is 94.0. The fourth-order valence-electron chi connectivity index (χ4n) is 6.64. The van der Waals surface area contributed by atoms with Crippen LogP contribution in [-0.2, 0) is 85.1 Å². The van der Waals surface area contributed by atoms with E-state index in [1.54, 1.807) is 75.9 Å². The van der Waals surface area contributed by atoms with E-state index >= 15 is 0 Å². The summed E-state index contributed by atoms with van der Waals surface area (Å²) in [4.78, 5) is 70.5. The molecule has 8 heterocycles. The summed E-state index contributed by atoms with van der Waals surface area (Å²) in [6, 6.07) is 29.8. The number of carbonyl (C=O) groups is 4. The molecule has 0 bridgehead atoms. The van der Waals surface area contributed by atoms with Crippen molar-refractivity contribution < 1.29 is 164 Å². The number of unbranched alkanes of at least 4 members (excludes halogenated alkanes) is 2. The number of aliphatic hydroxyl groups excluding tert-OH is 4. The van der Waals surface area contributed by atoms with Gasteiger partial charge in [-0.2, -0.15) is 0 Å². The predicted molar refractivity (Wildman–Crippen MR) is 468 cm³/mol. The Morgan fingerprint density at radius 3 is 0.550 bits per heavy atom. The van der Waals surface area contributed by atoms with Crippen LogP contribution in [0.25, 0.3) is 45.6 Å². The molecule has 0 aliphatic heterocycles. The number of hydrogen-bond donors (Lipinski definition) is 8. The van der Waals surface area contributed by atoms with Gasteiger partial charge in [-0.3, -0.25) is 59.0 Å². The van der Waals surface area contributed by atoms with Gasteiger partial charge in [-0.25, -0.2) is 0 Å². The maximum atomic E-state index is 9.00. The molecule has 8 rings (SSSR count). The number of rotatable bonds is 24. The number of pyridine rings is 8.